The smallest absolute Gasteiger partial charge is 0.416 e. The minimum Gasteiger partial charge on any atom is -0.497 e. The summed E-state index contributed by atoms with van der Waals surface area (Å²) < 4.78 is 43.0. The highest BCUT2D eigenvalue weighted by molar-refractivity contribution is 5.60. The molecule has 0 amide bonds. The zero-order valence-corrected chi connectivity index (χ0v) is 13.7. The third kappa shape index (κ3) is 4.41. The molecule has 0 aliphatic rings. The number of nitrogens with zero attached hydrogens (tertiary/aromatic N) is 2. The van der Waals surface area contributed by atoms with E-state index in [9.17, 15) is 13.2 Å². The normalized spacial score (nSPS) is 11.1. The minimum atomic E-state index is -4.37. The Labute approximate surface area is 147 Å². The molecule has 134 valence electrons. The van der Waals surface area contributed by atoms with Gasteiger partial charge in [0.05, 0.1) is 12.7 Å². The van der Waals surface area contributed by atoms with Crippen molar-refractivity contribution in [3.8, 4) is 5.75 Å². The van der Waals surface area contributed by atoms with Crippen LogP contribution in [0.1, 0.15) is 5.56 Å². The maximum Gasteiger partial charge on any atom is 0.416 e. The number of nitrogens with one attached hydrogen (secondary N) is 2. The van der Waals surface area contributed by atoms with Crippen LogP contribution < -0.4 is 15.4 Å². The van der Waals surface area contributed by atoms with Gasteiger partial charge >= 0.3 is 6.18 Å². The summed E-state index contributed by atoms with van der Waals surface area (Å²) in [5.41, 5.74) is 0.525. The number of aromatic nitrogens is 2. The van der Waals surface area contributed by atoms with Crippen LogP contribution in [-0.2, 0) is 6.18 Å². The quantitative estimate of drug-likeness (QED) is 0.671. The number of ether oxygens (including phenoxy) is 1. The summed E-state index contributed by atoms with van der Waals surface area (Å²) in [6.45, 7) is 0. The van der Waals surface area contributed by atoms with Crippen molar-refractivity contribution in [1.82, 2.24) is 9.97 Å². The number of benzene rings is 2. The molecule has 0 saturated heterocycles. The molecule has 0 saturated carbocycles. The van der Waals surface area contributed by atoms with Crippen LogP contribution in [0.4, 0.5) is 36.3 Å². The highest BCUT2D eigenvalue weighted by atomic mass is 19.4. The second-order valence-corrected chi connectivity index (χ2v) is 5.32. The van der Waals surface area contributed by atoms with Crippen LogP contribution in [0.3, 0.4) is 0 Å². The van der Waals surface area contributed by atoms with Gasteiger partial charge in [0.15, 0.2) is 0 Å². The number of alkyl halides is 3. The Kier molecular flexibility index (Phi) is 4.92. The Morgan fingerprint density at radius 1 is 0.923 bits per heavy atom. The van der Waals surface area contributed by atoms with Gasteiger partial charge in [-0.25, -0.2) is 4.98 Å². The molecule has 3 aromatic rings. The van der Waals surface area contributed by atoms with Crippen molar-refractivity contribution in [1.29, 1.82) is 0 Å². The van der Waals surface area contributed by atoms with E-state index in [-0.39, 0.29) is 5.95 Å². The fourth-order valence-corrected chi connectivity index (χ4v) is 2.21. The second-order valence-electron chi connectivity index (χ2n) is 5.32. The lowest BCUT2D eigenvalue weighted by Crippen LogP contribution is -2.05. The van der Waals surface area contributed by atoms with Gasteiger partial charge in [0.1, 0.15) is 11.6 Å². The first kappa shape index (κ1) is 17.5. The maximum atomic E-state index is 12.6. The van der Waals surface area contributed by atoms with Gasteiger partial charge in [-0.1, -0.05) is 6.07 Å². The third-order valence-electron chi connectivity index (χ3n) is 3.47. The summed E-state index contributed by atoms with van der Waals surface area (Å²) in [7, 11) is 1.58. The number of rotatable bonds is 5. The summed E-state index contributed by atoms with van der Waals surface area (Å²) in [4.78, 5) is 8.37. The van der Waals surface area contributed by atoms with Crippen LogP contribution >= 0.6 is 0 Å². The molecule has 0 radical (unpaired) electrons. The van der Waals surface area contributed by atoms with Crippen LogP contribution in [-0.4, -0.2) is 17.1 Å². The van der Waals surface area contributed by atoms with Crippen molar-refractivity contribution >= 4 is 23.1 Å². The minimum absolute atomic E-state index is 0.262. The predicted octanol–water partition coefficient (Wildman–Crippen LogP) is 4.99. The lowest BCUT2D eigenvalue weighted by Gasteiger charge is -2.10. The van der Waals surface area contributed by atoms with Crippen molar-refractivity contribution in [2.45, 2.75) is 6.18 Å². The molecular formula is C18H15F3N4O. The summed E-state index contributed by atoms with van der Waals surface area (Å²) in [5, 5.41) is 5.99. The fourth-order valence-electron chi connectivity index (χ4n) is 2.21. The largest absolute Gasteiger partial charge is 0.497 e. The number of methoxy groups -OCH3 is 1. The Morgan fingerprint density at radius 3 is 2.38 bits per heavy atom. The highest BCUT2D eigenvalue weighted by Crippen LogP contribution is 2.30. The first-order valence-corrected chi connectivity index (χ1v) is 7.62. The zero-order chi connectivity index (χ0) is 18.6. The van der Waals surface area contributed by atoms with Gasteiger partial charge in [0, 0.05) is 23.6 Å². The van der Waals surface area contributed by atoms with Gasteiger partial charge in [-0.2, -0.15) is 18.2 Å². The molecule has 26 heavy (non-hydrogen) atoms. The molecule has 1 aromatic heterocycles. The van der Waals surface area contributed by atoms with E-state index >= 15 is 0 Å². The van der Waals surface area contributed by atoms with Gasteiger partial charge < -0.3 is 15.4 Å². The molecule has 2 aromatic carbocycles. The average molecular weight is 360 g/mol. The monoisotopic (exact) mass is 360 g/mol. The first-order chi connectivity index (χ1) is 12.4. The first-order valence-electron chi connectivity index (χ1n) is 7.62. The maximum absolute atomic E-state index is 12.6. The molecule has 0 unspecified atom stereocenters. The lowest BCUT2D eigenvalue weighted by molar-refractivity contribution is -0.137. The molecule has 0 aliphatic heterocycles. The molecule has 1 heterocycles. The van der Waals surface area contributed by atoms with Gasteiger partial charge in [0.25, 0.3) is 0 Å². The van der Waals surface area contributed by atoms with Crippen LogP contribution in [0, 0.1) is 0 Å². The second kappa shape index (κ2) is 7.30. The van der Waals surface area contributed by atoms with Crippen molar-refractivity contribution in [3.63, 3.8) is 0 Å². The fraction of sp³-hybridized carbons (Fsp3) is 0.111. The van der Waals surface area contributed by atoms with E-state index in [1.807, 2.05) is 24.3 Å². The van der Waals surface area contributed by atoms with Crippen molar-refractivity contribution in [2.24, 2.45) is 0 Å². The molecule has 0 aliphatic carbocycles. The number of halogens is 3. The molecular weight excluding hydrogens is 345 g/mol. The van der Waals surface area contributed by atoms with E-state index in [0.717, 1.165) is 17.8 Å². The molecule has 5 nitrogen and oxygen atoms in total. The Morgan fingerprint density at radius 2 is 1.69 bits per heavy atom. The number of hydrogen-bond donors (Lipinski definition) is 2. The van der Waals surface area contributed by atoms with E-state index in [2.05, 4.69) is 20.6 Å². The highest BCUT2D eigenvalue weighted by Gasteiger charge is 2.29. The van der Waals surface area contributed by atoms with E-state index in [1.54, 1.807) is 19.4 Å². The zero-order valence-electron chi connectivity index (χ0n) is 13.7. The average Bonchev–Trinajstić information content (AvgIpc) is 2.62. The van der Waals surface area contributed by atoms with Gasteiger partial charge in [-0.05, 0) is 42.5 Å². The summed E-state index contributed by atoms with van der Waals surface area (Å²) in [5.74, 6) is 1.49. The molecule has 0 fully saturated rings. The standard InChI is InChI=1S/C18H15F3N4O/c1-26-15-4-2-3-14(11-15)23-16-9-10-22-17(25-16)24-13-7-5-12(6-8-13)18(19,20)21/h2-11H,1H3,(H2,22,23,24,25). The molecule has 3 rings (SSSR count). The van der Waals surface area contributed by atoms with Crippen LogP contribution in [0.2, 0.25) is 0 Å². The predicted molar refractivity (Wildman–Crippen MR) is 93.0 cm³/mol. The van der Waals surface area contributed by atoms with Crippen LogP contribution in [0.15, 0.2) is 60.8 Å². The molecule has 0 atom stereocenters. The van der Waals surface area contributed by atoms with E-state index in [4.69, 9.17) is 4.74 Å². The SMILES string of the molecule is COc1cccc(Nc2ccnc(Nc3ccc(C(F)(F)F)cc3)n2)c1. The Hall–Kier alpha value is -3.29. The van der Waals surface area contributed by atoms with Gasteiger partial charge in [-0.3, -0.25) is 0 Å². The molecule has 0 bridgehead atoms. The topological polar surface area (TPSA) is 59.1 Å². The Balaban J connectivity index is 1.73. The molecule has 2 N–H and O–H groups in total. The third-order valence-corrected chi connectivity index (χ3v) is 3.47. The van der Waals surface area contributed by atoms with E-state index in [0.29, 0.717) is 17.3 Å². The summed E-state index contributed by atoms with van der Waals surface area (Å²) in [6, 6.07) is 13.7. The van der Waals surface area contributed by atoms with Gasteiger partial charge in [0.2, 0.25) is 5.95 Å². The number of anilines is 4. The summed E-state index contributed by atoms with van der Waals surface area (Å²) >= 11 is 0. The number of hydrogen-bond acceptors (Lipinski definition) is 5. The van der Waals surface area contributed by atoms with E-state index in [1.165, 1.54) is 12.1 Å². The van der Waals surface area contributed by atoms with Crippen molar-refractivity contribution in [2.75, 3.05) is 17.7 Å². The van der Waals surface area contributed by atoms with Crippen LogP contribution in [0.5, 0.6) is 5.75 Å². The summed E-state index contributed by atoms with van der Waals surface area (Å²) in [6.07, 6.45) is -2.82. The lowest BCUT2D eigenvalue weighted by atomic mass is 10.2. The van der Waals surface area contributed by atoms with Gasteiger partial charge in [-0.15, -0.1) is 0 Å². The van der Waals surface area contributed by atoms with Crippen molar-refractivity contribution < 1.29 is 17.9 Å². The van der Waals surface area contributed by atoms with Crippen molar-refractivity contribution in [3.05, 3.63) is 66.4 Å². The Bertz CT molecular complexity index is 882. The van der Waals surface area contributed by atoms with Crippen LogP contribution in [0.25, 0.3) is 0 Å². The molecule has 8 heteroatoms. The van der Waals surface area contributed by atoms with E-state index < -0.39 is 11.7 Å². The molecule has 0 spiro atoms.